The van der Waals surface area contributed by atoms with E-state index in [2.05, 4.69) is 71.4 Å². The second kappa shape index (κ2) is 23.4. The van der Waals surface area contributed by atoms with Crippen molar-refractivity contribution in [2.75, 3.05) is 13.1 Å². The van der Waals surface area contributed by atoms with Gasteiger partial charge in [0.1, 0.15) is 50.1 Å². The Bertz CT molecular complexity index is 2940. The summed E-state index contributed by atoms with van der Waals surface area (Å²) in [4.78, 5) is 38.2. The molecule has 7 rings (SSSR count). The summed E-state index contributed by atoms with van der Waals surface area (Å²) in [6, 6.07) is 25.0. The van der Waals surface area contributed by atoms with Crippen LogP contribution in [-0.2, 0) is 49.1 Å². The number of ether oxygens (including phenoxy) is 4. The standard InChI is InChI=1S/C51H47Br2N7O9/c1-30-36(28-67-47-15-46(66-26-34-9-32(16-54)18-56-20-34)39(12-44(47)52)24-60-25-41(62)13-48(60)63)5-3-7-42(30)43-8-4-6-37(31(43)2)29-69-51-45(53)11-38(22-58-23-40(61)14-49(64)65)50(59-51)68-27-35-10-33(17-55)19-57-21-35/h3-12,15,18-21,40-41,58,61-62H,13-14,22-29H2,1-2H3,(H,64,65)/t40-,41-/m0/s1. The van der Waals surface area contributed by atoms with Gasteiger partial charge in [-0.2, -0.15) is 15.5 Å². The number of amides is 1. The molecule has 1 aliphatic rings. The first-order valence-electron chi connectivity index (χ1n) is 21.7. The molecule has 69 heavy (non-hydrogen) atoms. The minimum Gasteiger partial charge on any atom is -0.488 e. The monoisotopic (exact) mass is 1060 g/mol. The van der Waals surface area contributed by atoms with Crippen LogP contribution in [0.1, 0.15) is 68.5 Å². The van der Waals surface area contributed by atoms with Crippen molar-refractivity contribution in [1.82, 2.24) is 25.2 Å². The summed E-state index contributed by atoms with van der Waals surface area (Å²) in [6.07, 6.45) is 4.00. The van der Waals surface area contributed by atoms with Gasteiger partial charge in [-0.25, -0.2) is 0 Å². The summed E-state index contributed by atoms with van der Waals surface area (Å²) >= 11 is 7.27. The van der Waals surface area contributed by atoms with Crippen molar-refractivity contribution in [3.8, 4) is 46.5 Å². The summed E-state index contributed by atoms with van der Waals surface area (Å²) in [5.74, 6) is 0.250. The van der Waals surface area contributed by atoms with Crippen LogP contribution in [-0.4, -0.2) is 72.3 Å². The fourth-order valence-corrected chi connectivity index (χ4v) is 8.67. The number of halogens is 2. The lowest BCUT2D eigenvalue weighted by Gasteiger charge is -2.21. The molecule has 1 amide bonds. The highest BCUT2D eigenvalue weighted by Gasteiger charge is 2.29. The summed E-state index contributed by atoms with van der Waals surface area (Å²) in [7, 11) is 0. The third-order valence-electron chi connectivity index (χ3n) is 11.3. The van der Waals surface area contributed by atoms with E-state index < -0.39 is 24.6 Å². The Kier molecular flexibility index (Phi) is 16.9. The van der Waals surface area contributed by atoms with Crippen LogP contribution in [0.3, 0.4) is 0 Å². The number of aliphatic hydroxyl groups is 2. The number of carboxylic acids is 1. The molecule has 16 nitrogen and oxygen atoms in total. The molecule has 3 aromatic heterocycles. The maximum absolute atomic E-state index is 12.6. The third kappa shape index (κ3) is 13.2. The van der Waals surface area contributed by atoms with Crippen LogP contribution in [0.15, 0.2) is 100 Å². The van der Waals surface area contributed by atoms with E-state index in [0.29, 0.717) is 53.8 Å². The zero-order valence-corrected chi connectivity index (χ0v) is 40.8. The van der Waals surface area contributed by atoms with E-state index in [-0.39, 0.29) is 76.7 Å². The number of aliphatic hydroxyl groups excluding tert-OH is 2. The molecule has 4 heterocycles. The molecule has 0 bridgehead atoms. The van der Waals surface area contributed by atoms with E-state index in [0.717, 1.165) is 33.4 Å². The lowest BCUT2D eigenvalue weighted by Crippen LogP contribution is -2.28. The highest BCUT2D eigenvalue weighted by atomic mass is 79.9. The highest BCUT2D eigenvalue weighted by Crippen LogP contribution is 2.37. The summed E-state index contributed by atoms with van der Waals surface area (Å²) in [5.41, 5.74) is 9.36. The number of nitriles is 2. The predicted octanol–water partition coefficient (Wildman–Crippen LogP) is 7.76. The van der Waals surface area contributed by atoms with Crippen molar-refractivity contribution in [2.24, 2.45) is 0 Å². The molecule has 0 radical (unpaired) electrons. The van der Waals surface area contributed by atoms with E-state index in [1.54, 1.807) is 41.6 Å². The molecule has 1 saturated heterocycles. The minimum atomic E-state index is -1.11. The Morgan fingerprint density at radius 1 is 0.783 bits per heavy atom. The number of carbonyl (C=O) groups is 2. The number of nitrogens with zero attached hydrogens (tertiary/aromatic N) is 6. The number of hydrogen-bond acceptors (Lipinski definition) is 14. The first-order valence-corrected chi connectivity index (χ1v) is 23.3. The van der Waals surface area contributed by atoms with E-state index in [9.17, 15) is 30.3 Å². The average Bonchev–Trinajstić information content (AvgIpc) is 3.65. The van der Waals surface area contributed by atoms with Crippen LogP contribution in [0.4, 0.5) is 0 Å². The molecule has 0 aliphatic carbocycles. The zero-order valence-electron chi connectivity index (χ0n) is 37.6. The molecular weight excluding hydrogens is 1010 g/mol. The Balaban J connectivity index is 1.08. The lowest BCUT2D eigenvalue weighted by atomic mass is 9.92. The fraction of sp³-hybridized carbons (Fsp3) is 0.275. The number of carbonyl (C=O) groups excluding carboxylic acids is 1. The second-order valence-corrected chi connectivity index (χ2v) is 18.1. The second-order valence-electron chi connectivity index (χ2n) is 16.4. The molecular formula is C51H47Br2N7O9. The number of hydrogen-bond donors (Lipinski definition) is 4. The molecule has 3 aromatic carbocycles. The number of carboxylic acid groups (broad SMARTS) is 1. The Labute approximate surface area is 415 Å². The molecule has 0 spiro atoms. The zero-order chi connectivity index (χ0) is 49.0. The van der Waals surface area contributed by atoms with Gasteiger partial charge in [0.25, 0.3) is 0 Å². The number of nitrogens with one attached hydrogen (secondary N) is 1. The summed E-state index contributed by atoms with van der Waals surface area (Å²) in [5, 5.41) is 51.1. The van der Waals surface area contributed by atoms with Crippen LogP contribution in [0, 0.1) is 36.5 Å². The molecule has 2 atom stereocenters. The lowest BCUT2D eigenvalue weighted by molar-refractivity contribution is -0.139. The number of likely N-dealkylation sites (tertiary alicyclic amines) is 1. The van der Waals surface area contributed by atoms with Crippen LogP contribution in [0.5, 0.6) is 23.3 Å². The maximum Gasteiger partial charge on any atom is 0.306 e. The smallest absolute Gasteiger partial charge is 0.306 e. The summed E-state index contributed by atoms with van der Waals surface area (Å²) in [6.45, 7) is 5.33. The van der Waals surface area contributed by atoms with Crippen molar-refractivity contribution in [3.05, 3.63) is 156 Å². The molecule has 1 aliphatic heterocycles. The van der Waals surface area contributed by atoms with Crippen LogP contribution in [0.25, 0.3) is 11.1 Å². The van der Waals surface area contributed by atoms with Gasteiger partial charge < -0.3 is 44.5 Å². The van der Waals surface area contributed by atoms with Gasteiger partial charge >= 0.3 is 5.97 Å². The van der Waals surface area contributed by atoms with Gasteiger partial charge in [0.05, 0.1) is 45.1 Å². The molecule has 18 heteroatoms. The molecule has 0 saturated carbocycles. The van der Waals surface area contributed by atoms with E-state index in [4.69, 9.17) is 29.0 Å². The normalized spacial score (nSPS) is 13.7. The number of β-amino-alcohol motifs (C(OH)–C–C–N with tert-alkyl or cyclic N) is 1. The van der Waals surface area contributed by atoms with E-state index >= 15 is 0 Å². The first-order chi connectivity index (χ1) is 33.3. The van der Waals surface area contributed by atoms with E-state index in [1.807, 2.05) is 44.2 Å². The van der Waals surface area contributed by atoms with Crippen molar-refractivity contribution in [1.29, 1.82) is 10.5 Å². The summed E-state index contributed by atoms with van der Waals surface area (Å²) < 4.78 is 26.4. The molecule has 6 aromatic rings. The van der Waals surface area contributed by atoms with Gasteiger partial charge in [-0.05, 0) is 103 Å². The predicted molar refractivity (Wildman–Crippen MR) is 259 cm³/mol. The van der Waals surface area contributed by atoms with Crippen molar-refractivity contribution < 1.29 is 43.9 Å². The number of aliphatic carboxylic acids is 1. The van der Waals surface area contributed by atoms with Gasteiger partial charge in [0.15, 0.2) is 0 Å². The van der Waals surface area contributed by atoms with Crippen LogP contribution in [0.2, 0.25) is 0 Å². The van der Waals surface area contributed by atoms with Gasteiger partial charge in [0, 0.05) is 79.3 Å². The largest absolute Gasteiger partial charge is 0.488 e. The number of pyridine rings is 3. The third-order valence-corrected chi connectivity index (χ3v) is 12.5. The van der Waals surface area contributed by atoms with Crippen molar-refractivity contribution in [2.45, 2.75) is 78.4 Å². The van der Waals surface area contributed by atoms with Crippen molar-refractivity contribution >= 4 is 43.7 Å². The fourth-order valence-electron chi connectivity index (χ4n) is 7.68. The number of aromatic nitrogens is 3. The topological polar surface area (TPSA) is 233 Å². The molecule has 1 fully saturated rings. The van der Waals surface area contributed by atoms with Gasteiger partial charge in [-0.15, -0.1) is 0 Å². The molecule has 354 valence electrons. The van der Waals surface area contributed by atoms with Gasteiger partial charge in [-0.3, -0.25) is 19.6 Å². The van der Waals surface area contributed by atoms with Crippen LogP contribution < -0.4 is 24.3 Å². The first kappa shape index (κ1) is 50.0. The highest BCUT2D eigenvalue weighted by molar-refractivity contribution is 9.11. The Morgan fingerprint density at radius 3 is 1.96 bits per heavy atom. The van der Waals surface area contributed by atoms with E-state index in [1.165, 1.54) is 12.4 Å². The average molecular weight is 1060 g/mol. The number of benzene rings is 3. The molecule has 4 N–H and O–H groups in total. The SMILES string of the molecule is Cc1c(COc2cc(OCc3cncc(C#N)c3)c(CN3C[C@@H](O)CC3=O)cc2Br)cccc1-c1cccc(COc2nc(OCc3cncc(C#N)c3)c(CNC[C@@H](O)CC(=O)O)cc2Br)c1C. The van der Waals surface area contributed by atoms with Crippen LogP contribution >= 0.6 is 31.9 Å². The van der Waals surface area contributed by atoms with Gasteiger partial charge in [-0.1, -0.05) is 36.4 Å². The Hall–Kier alpha value is -6.93. The minimum absolute atomic E-state index is 0.0286. The van der Waals surface area contributed by atoms with Gasteiger partial charge in [0.2, 0.25) is 17.7 Å². The maximum atomic E-state index is 12.6. The number of rotatable bonds is 21. The molecule has 0 unspecified atom stereocenters. The van der Waals surface area contributed by atoms with Crippen molar-refractivity contribution in [3.63, 3.8) is 0 Å². The Morgan fingerprint density at radius 2 is 1.36 bits per heavy atom. The quantitative estimate of drug-likeness (QED) is 0.0539.